The molecular weight excluding hydrogens is 174 g/mol. The summed E-state index contributed by atoms with van der Waals surface area (Å²) in [5.74, 6) is 1.52. The minimum atomic E-state index is 0.199. The summed E-state index contributed by atoms with van der Waals surface area (Å²) >= 11 is 5.72. The Hall–Kier alpha value is -0.630. The number of rotatable bonds is 1. The van der Waals surface area contributed by atoms with E-state index in [1.807, 2.05) is 0 Å². The second-order valence-electron chi connectivity index (χ2n) is 3.07. The molecule has 1 unspecified atom stereocenters. The summed E-state index contributed by atoms with van der Waals surface area (Å²) in [6, 6.07) is 0. The van der Waals surface area contributed by atoms with Crippen molar-refractivity contribution in [2.45, 2.75) is 18.9 Å². The molecule has 0 aromatic rings. The van der Waals surface area contributed by atoms with E-state index >= 15 is 0 Å². The Balaban J connectivity index is 2.11. The zero-order valence-corrected chi connectivity index (χ0v) is 7.60. The number of ether oxygens (including phenoxy) is 1. The average molecular weight is 186 g/mol. The molecule has 2 rings (SSSR count). The van der Waals surface area contributed by atoms with E-state index in [0.717, 1.165) is 25.3 Å². The quantitative estimate of drug-likeness (QED) is 0.629. The van der Waals surface area contributed by atoms with Crippen LogP contribution in [-0.2, 0) is 4.74 Å². The van der Waals surface area contributed by atoms with E-state index in [9.17, 15) is 0 Å². The molecule has 2 heterocycles. The molecule has 12 heavy (non-hydrogen) atoms. The molecule has 0 aromatic carbocycles. The number of alkyl halides is 1. The number of hydrogen-bond donors (Lipinski definition) is 1. The van der Waals surface area contributed by atoms with Crippen LogP contribution in [0.5, 0.6) is 0 Å². The van der Waals surface area contributed by atoms with Gasteiger partial charge in [0.2, 0.25) is 0 Å². The highest BCUT2D eigenvalue weighted by atomic mass is 35.5. The molecule has 66 valence electrons. The van der Waals surface area contributed by atoms with Crippen LogP contribution in [0, 0.1) is 0 Å². The first-order valence-corrected chi connectivity index (χ1v) is 4.80. The summed E-state index contributed by atoms with van der Waals surface area (Å²) in [5, 5.41) is 3.20. The normalized spacial score (nSPS) is 27.6. The molecule has 2 nitrogen and oxygen atoms in total. The molecule has 0 saturated heterocycles. The van der Waals surface area contributed by atoms with Crippen molar-refractivity contribution in [1.82, 2.24) is 5.32 Å². The van der Waals surface area contributed by atoms with Crippen LogP contribution < -0.4 is 5.32 Å². The van der Waals surface area contributed by atoms with Gasteiger partial charge in [-0.2, -0.15) is 0 Å². The predicted octanol–water partition coefficient (Wildman–Crippen LogP) is 1.78. The van der Waals surface area contributed by atoms with E-state index in [4.69, 9.17) is 16.3 Å². The zero-order valence-electron chi connectivity index (χ0n) is 6.85. The second kappa shape index (κ2) is 3.40. The molecule has 2 aliphatic heterocycles. The van der Waals surface area contributed by atoms with Crippen molar-refractivity contribution < 1.29 is 4.74 Å². The van der Waals surface area contributed by atoms with Crippen molar-refractivity contribution in [3.63, 3.8) is 0 Å². The summed E-state index contributed by atoms with van der Waals surface area (Å²) in [5.41, 5.74) is 1.28. The van der Waals surface area contributed by atoms with Gasteiger partial charge in [0, 0.05) is 12.1 Å². The fourth-order valence-corrected chi connectivity index (χ4v) is 1.72. The molecule has 0 aliphatic carbocycles. The molecule has 0 amide bonds. The highest BCUT2D eigenvalue weighted by molar-refractivity contribution is 6.18. The lowest BCUT2D eigenvalue weighted by Crippen LogP contribution is -2.29. The van der Waals surface area contributed by atoms with Gasteiger partial charge in [-0.3, -0.25) is 0 Å². The molecule has 1 N–H and O–H groups in total. The van der Waals surface area contributed by atoms with Crippen molar-refractivity contribution in [2.24, 2.45) is 0 Å². The lowest BCUT2D eigenvalue weighted by atomic mass is 10.0. The summed E-state index contributed by atoms with van der Waals surface area (Å²) < 4.78 is 5.62. The third kappa shape index (κ3) is 1.44. The van der Waals surface area contributed by atoms with Crippen molar-refractivity contribution in [1.29, 1.82) is 0 Å². The lowest BCUT2D eigenvalue weighted by Gasteiger charge is -2.28. The number of halogens is 1. The van der Waals surface area contributed by atoms with Gasteiger partial charge in [0.25, 0.3) is 0 Å². The van der Waals surface area contributed by atoms with Crippen molar-refractivity contribution >= 4 is 11.6 Å². The SMILES string of the molecule is ClCC1CCC2=C(NCC=C2)O1. The largest absolute Gasteiger partial charge is 0.474 e. The molecule has 0 spiro atoms. The minimum absolute atomic E-state index is 0.199. The van der Waals surface area contributed by atoms with Crippen molar-refractivity contribution in [3.05, 3.63) is 23.6 Å². The maximum atomic E-state index is 5.72. The van der Waals surface area contributed by atoms with Crippen LogP contribution in [0.4, 0.5) is 0 Å². The number of dihydropyridines is 1. The van der Waals surface area contributed by atoms with Gasteiger partial charge < -0.3 is 10.1 Å². The van der Waals surface area contributed by atoms with Gasteiger partial charge in [-0.15, -0.1) is 11.6 Å². The molecule has 0 saturated carbocycles. The first kappa shape index (κ1) is 7.99. The van der Waals surface area contributed by atoms with Crippen LogP contribution in [0.1, 0.15) is 12.8 Å². The molecule has 0 radical (unpaired) electrons. The Bertz CT molecular complexity index is 235. The molecular formula is C9H12ClNO. The van der Waals surface area contributed by atoms with Crippen LogP contribution in [0.2, 0.25) is 0 Å². The number of allylic oxidation sites excluding steroid dienone is 2. The van der Waals surface area contributed by atoms with Crippen molar-refractivity contribution in [3.8, 4) is 0 Å². The standard InChI is InChI=1S/C9H12ClNO/c10-6-8-4-3-7-2-1-5-11-9(7)12-8/h1-2,8,11H,3-6H2. The van der Waals surface area contributed by atoms with Gasteiger partial charge in [-0.05, 0) is 12.8 Å². The highest BCUT2D eigenvalue weighted by Gasteiger charge is 2.21. The first-order valence-electron chi connectivity index (χ1n) is 4.26. The van der Waals surface area contributed by atoms with Crippen LogP contribution >= 0.6 is 11.6 Å². The topological polar surface area (TPSA) is 21.3 Å². The second-order valence-corrected chi connectivity index (χ2v) is 3.38. The van der Waals surface area contributed by atoms with Crippen LogP contribution in [0.25, 0.3) is 0 Å². The summed E-state index contributed by atoms with van der Waals surface area (Å²) in [6.07, 6.45) is 6.56. The highest BCUT2D eigenvalue weighted by Crippen LogP contribution is 2.25. The van der Waals surface area contributed by atoms with E-state index in [1.54, 1.807) is 0 Å². The Labute approximate surface area is 77.2 Å². The maximum absolute atomic E-state index is 5.72. The first-order chi connectivity index (χ1) is 5.90. The smallest absolute Gasteiger partial charge is 0.190 e. The van der Waals surface area contributed by atoms with Gasteiger partial charge in [0.05, 0.1) is 5.88 Å². The molecule has 0 bridgehead atoms. The van der Waals surface area contributed by atoms with E-state index in [-0.39, 0.29) is 6.10 Å². The van der Waals surface area contributed by atoms with Gasteiger partial charge >= 0.3 is 0 Å². The fourth-order valence-electron chi connectivity index (χ4n) is 1.51. The van der Waals surface area contributed by atoms with Crippen LogP contribution in [0.3, 0.4) is 0 Å². The molecule has 3 heteroatoms. The van der Waals surface area contributed by atoms with Gasteiger partial charge in [0.15, 0.2) is 5.88 Å². The van der Waals surface area contributed by atoms with Gasteiger partial charge in [0.1, 0.15) is 6.10 Å². The monoisotopic (exact) mass is 185 g/mol. The van der Waals surface area contributed by atoms with Crippen LogP contribution in [-0.4, -0.2) is 18.5 Å². The fraction of sp³-hybridized carbons (Fsp3) is 0.556. The Morgan fingerprint density at radius 2 is 2.58 bits per heavy atom. The Kier molecular flexibility index (Phi) is 2.26. The van der Waals surface area contributed by atoms with Gasteiger partial charge in [-0.1, -0.05) is 12.2 Å². The lowest BCUT2D eigenvalue weighted by molar-refractivity contribution is 0.0947. The summed E-state index contributed by atoms with van der Waals surface area (Å²) in [4.78, 5) is 0. The van der Waals surface area contributed by atoms with E-state index in [0.29, 0.717) is 5.88 Å². The summed E-state index contributed by atoms with van der Waals surface area (Å²) in [6.45, 7) is 0.869. The Morgan fingerprint density at radius 1 is 1.67 bits per heavy atom. The number of nitrogens with one attached hydrogen (secondary N) is 1. The van der Waals surface area contributed by atoms with E-state index in [2.05, 4.69) is 17.5 Å². The number of hydrogen-bond acceptors (Lipinski definition) is 2. The maximum Gasteiger partial charge on any atom is 0.190 e. The molecule has 0 fully saturated rings. The summed E-state index contributed by atoms with van der Waals surface area (Å²) in [7, 11) is 0. The van der Waals surface area contributed by atoms with Crippen molar-refractivity contribution in [2.75, 3.05) is 12.4 Å². The van der Waals surface area contributed by atoms with E-state index < -0.39 is 0 Å². The minimum Gasteiger partial charge on any atom is -0.474 e. The Morgan fingerprint density at radius 3 is 3.42 bits per heavy atom. The molecule has 2 aliphatic rings. The molecule has 0 aromatic heterocycles. The van der Waals surface area contributed by atoms with E-state index in [1.165, 1.54) is 5.57 Å². The molecule has 1 atom stereocenters. The predicted molar refractivity (Wildman–Crippen MR) is 49.0 cm³/mol. The van der Waals surface area contributed by atoms with Gasteiger partial charge in [-0.25, -0.2) is 0 Å². The zero-order chi connectivity index (χ0) is 8.39. The third-order valence-corrected chi connectivity index (χ3v) is 2.53. The average Bonchev–Trinajstić information content (AvgIpc) is 2.17. The third-order valence-electron chi connectivity index (χ3n) is 2.18. The van der Waals surface area contributed by atoms with Crippen LogP contribution in [0.15, 0.2) is 23.6 Å².